The zero-order valence-electron chi connectivity index (χ0n) is 9.19. The van der Waals surface area contributed by atoms with Crippen LogP contribution in [0.25, 0.3) is 0 Å². The van der Waals surface area contributed by atoms with Crippen molar-refractivity contribution in [3.05, 3.63) is 24.0 Å². The molecule has 94 valence electrons. The third-order valence-corrected chi connectivity index (χ3v) is 4.82. The van der Waals surface area contributed by atoms with Crippen molar-refractivity contribution >= 4 is 15.7 Å². The first-order valence-electron chi connectivity index (χ1n) is 5.49. The van der Waals surface area contributed by atoms with E-state index in [1.165, 1.54) is 6.07 Å². The van der Waals surface area contributed by atoms with E-state index in [1.54, 1.807) is 0 Å². The molecule has 0 saturated heterocycles. The van der Waals surface area contributed by atoms with E-state index in [1.807, 2.05) is 0 Å². The molecule has 0 bridgehead atoms. The normalized spacial score (nSPS) is 17.2. The van der Waals surface area contributed by atoms with Gasteiger partial charge >= 0.3 is 0 Å². The molecule has 6 heteroatoms. The second-order valence-electron chi connectivity index (χ2n) is 4.22. The minimum atomic E-state index is -3.44. The highest BCUT2D eigenvalue weighted by atomic mass is 32.2. The van der Waals surface area contributed by atoms with Crippen molar-refractivity contribution in [2.75, 3.05) is 4.72 Å². The van der Waals surface area contributed by atoms with Crippen molar-refractivity contribution in [1.29, 1.82) is 0 Å². The summed E-state index contributed by atoms with van der Waals surface area (Å²) < 4.78 is 39.2. The molecule has 4 nitrogen and oxygen atoms in total. The SMILES string of the molecule is O=S(=O)(Nc1ccc(O)c(F)c1)C1CCCC1. The van der Waals surface area contributed by atoms with E-state index in [0.29, 0.717) is 12.8 Å². The molecule has 0 unspecified atom stereocenters. The van der Waals surface area contributed by atoms with Crippen LogP contribution in [0.4, 0.5) is 10.1 Å². The number of nitrogens with one attached hydrogen (secondary N) is 1. The van der Waals surface area contributed by atoms with Gasteiger partial charge in [0.1, 0.15) is 0 Å². The van der Waals surface area contributed by atoms with Crippen LogP contribution in [0.5, 0.6) is 5.75 Å². The van der Waals surface area contributed by atoms with Gasteiger partial charge in [-0.05, 0) is 25.0 Å². The van der Waals surface area contributed by atoms with Gasteiger partial charge in [0.25, 0.3) is 0 Å². The largest absolute Gasteiger partial charge is 0.505 e. The summed E-state index contributed by atoms with van der Waals surface area (Å²) in [5, 5.41) is 8.61. The number of hydrogen-bond acceptors (Lipinski definition) is 3. The lowest BCUT2D eigenvalue weighted by molar-refractivity contribution is 0.432. The summed E-state index contributed by atoms with van der Waals surface area (Å²) in [5.41, 5.74) is 0.146. The quantitative estimate of drug-likeness (QED) is 0.818. The van der Waals surface area contributed by atoms with Gasteiger partial charge in [-0.25, -0.2) is 12.8 Å². The van der Waals surface area contributed by atoms with E-state index in [2.05, 4.69) is 4.72 Å². The molecule has 0 amide bonds. The van der Waals surface area contributed by atoms with Crippen LogP contribution < -0.4 is 4.72 Å². The Hall–Kier alpha value is -1.30. The maximum absolute atomic E-state index is 13.0. The van der Waals surface area contributed by atoms with Gasteiger partial charge in [-0.1, -0.05) is 12.8 Å². The molecule has 1 fully saturated rings. The minimum absolute atomic E-state index is 0.146. The minimum Gasteiger partial charge on any atom is -0.505 e. The molecule has 0 spiro atoms. The van der Waals surface area contributed by atoms with Crippen molar-refractivity contribution in [3.63, 3.8) is 0 Å². The van der Waals surface area contributed by atoms with Crippen LogP contribution in [0.1, 0.15) is 25.7 Å². The van der Waals surface area contributed by atoms with Crippen LogP contribution in [-0.2, 0) is 10.0 Å². The Balaban J connectivity index is 2.17. The molecule has 1 aromatic carbocycles. The molecular formula is C11H14FNO3S. The predicted octanol–water partition coefficient (Wildman–Crippen LogP) is 2.22. The monoisotopic (exact) mass is 259 g/mol. The molecule has 0 radical (unpaired) electrons. The first kappa shape index (κ1) is 12.2. The van der Waals surface area contributed by atoms with Crippen LogP contribution in [-0.4, -0.2) is 18.8 Å². The molecular weight excluding hydrogens is 245 g/mol. The lowest BCUT2D eigenvalue weighted by Crippen LogP contribution is -2.25. The molecule has 2 rings (SSSR count). The molecule has 17 heavy (non-hydrogen) atoms. The number of phenolic OH excluding ortho intramolecular Hbond substituents is 1. The second-order valence-corrected chi connectivity index (χ2v) is 6.18. The fourth-order valence-electron chi connectivity index (χ4n) is 2.02. The van der Waals surface area contributed by atoms with Crippen LogP contribution in [0, 0.1) is 5.82 Å². The molecule has 0 aliphatic heterocycles. The summed E-state index contributed by atoms with van der Waals surface area (Å²) in [6.07, 6.45) is 3.12. The number of rotatable bonds is 3. The topological polar surface area (TPSA) is 66.4 Å². The standard InChI is InChI=1S/C11H14FNO3S/c12-10-7-8(5-6-11(10)14)13-17(15,16)9-3-1-2-4-9/h5-7,9,13-14H,1-4H2. The molecule has 1 aliphatic carbocycles. The number of halogens is 1. The van der Waals surface area contributed by atoms with Gasteiger partial charge in [-0.15, -0.1) is 0 Å². The van der Waals surface area contributed by atoms with Crippen LogP contribution >= 0.6 is 0 Å². The molecule has 1 aromatic rings. The molecule has 0 atom stereocenters. The highest BCUT2D eigenvalue weighted by Gasteiger charge is 2.28. The number of anilines is 1. The fourth-order valence-corrected chi connectivity index (χ4v) is 3.59. The zero-order chi connectivity index (χ0) is 12.5. The average Bonchev–Trinajstić information content (AvgIpc) is 2.77. The van der Waals surface area contributed by atoms with Gasteiger partial charge in [0, 0.05) is 6.07 Å². The summed E-state index contributed by atoms with van der Waals surface area (Å²) in [6, 6.07) is 3.44. The number of sulfonamides is 1. The number of hydrogen-bond donors (Lipinski definition) is 2. The van der Waals surface area contributed by atoms with Crippen molar-refractivity contribution in [2.24, 2.45) is 0 Å². The summed E-state index contributed by atoms with van der Waals surface area (Å²) in [5.74, 6) is -1.33. The van der Waals surface area contributed by atoms with Gasteiger partial charge in [-0.3, -0.25) is 4.72 Å². The Labute approximate surface area is 99.5 Å². The first-order valence-corrected chi connectivity index (χ1v) is 7.04. The number of benzene rings is 1. The van der Waals surface area contributed by atoms with Crippen molar-refractivity contribution in [1.82, 2.24) is 0 Å². The highest BCUT2D eigenvalue weighted by molar-refractivity contribution is 7.93. The maximum Gasteiger partial charge on any atom is 0.235 e. The van der Waals surface area contributed by atoms with Crippen molar-refractivity contribution in [2.45, 2.75) is 30.9 Å². The zero-order valence-corrected chi connectivity index (χ0v) is 10.0. The Bertz CT molecular complexity index is 509. The van der Waals surface area contributed by atoms with Gasteiger partial charge in [0.05, 0.1) is 10.9 Å². The van der Waals surface area contributed by atoms with Crippen molar-refractivity contribution < 1.29 is 17.9 Å². The third kappa shape index (κ3) is 2.69. The van der Waals surface area contributed by atoms with Gasteiger partial charge in [0.2, 0.25) is 10.0 Å². The molecule has 0 aromatic heterocycles. The van der Waals surface area contributed by atoms with E-state index in [4.69, 9.17) is 5.11 Å². The molecule has 1 saturated carbocycles. The average molecular weight is 259 g/mol. The highest BCUT2D eigenvalue weighted by Crippen LogP contribution is 2.27. The molecule has 1 aliphatic rings. The Morgan fingerprint density at radius 2 is 1.94 bits per heavy atom. The lowest BCUT2D eigenvalue weighted by Gasteiger charge is -2.13. The number of aromatic hydroxyl groups is 1. The first-order chi connectivity index (χ1) is 7.99. The Morgan fingerprint density at radius 1 is 1.29 bits per heavy atom. The van der Waals surface area contributed by atoms with E-state index in [9.17, 15) is 12.8 Å². The Kier molecular flexibility index (Phi) is 3.24. The summed E-state index contributed by atoms with van der Waals surface area (Å²) in [7, 11) is -3.44. The van der Waals surface area contributed by atoms with Crippen LogP contribution in [0.3, 0.4) is 0 Å². The van der Waals surface area contributed by atoms with E-state index < -0.39 is 21.6 Å². The summed E-state index contributed by atoms with van der Waals surface area (Å²) in [4.78, 5) is 0. The van der Waals surface area contributed by atoms with E-state index in [0.717, 1.165) is 25.0 Å². The Morgan fingerprint density at radius 3 is 2.53 bits per heavy atom. The van der Waals surface area contributed by atoms with Gasteiger partial charge in [-0.2, -0.15) is 0 Å². The lowest BCUT2D eigenvalue weighted by atomic mass is 10.3. The van der Waals surface area contributed by atoms with Crippen LogP contribution in [0.2, 0.25) is 0 Å². The molecule has 0 heterocycles. The predicted molar refractivity (Wildman–Crippen MR) is 62.9 cm³/mol. The van der Waals surface area contributed by atoms with Gasteiger partial charge < -0.3 is 5.11 Å². The number of phenols is 1. The van der Waals surface area contributed by atoms with Gasteiger partial charge in [0.15, 0.2) is 11.6 Å². The summed E-state index contributed by atoms with van der Waals surface area (Å²) in [6.45, 7) is 0. The summed E-state index contributed by atoms with van der Waals surface area (Å²) >= 11 is 0. The second kappa shape index (κ2) is 4.52. The van der Waals surface area contributed by atoms with Crippen LogP contribution in [0.15, 0.2) is 18.2 Å². The smallest absolute Gasteiger partial charge is 0.235 e. The molecule has 2 N–H and O–H groups in total. The maximum atomic E-state index is 13.0. The fraction of sp³-hybridized carbons (Fsp3) is 0.455. The van der Waals surface area contributed by atoms with E-state index >= 15 is 0 Å². The third-order valence-electron chi connectivity index (χ3n) is 2.95. The van der Waals surface area contributed by atoms with E-state index in [-0.39, 0.29) is 10.9 Å². The van der Waals surface area contributed by atoms with Crippen molar-refractivity contribution in [3.8, 4) is 5.75 Å².